The van der Waals surface area contributed by atoms with Gasteiger partial charge in [0.25, 0.3) is 0 Å². The minimum atomic E-state index is 0.123. The van der Waals surface area contributed by atoms with Gasteiger partial charge in [0.1, 0.15) is 29.0 Å². The molecule has 1 unspecified atom stereocenters. The van der Waals surface area contributed by atoms with E-state index in [1.165, 1.54) is 5.56 Å². The minimum absolute atomic E-state index is 0.123. The molecule has 1 atom stereocenters. The molecule has 5 heterocycles. The maximum atomic E-state index is 6.54. The summed E-state index contributed by atoms with van der Waals surface area (Å²) in [6.45, 7) is 0.646. The second-order valence-electron chi connectivity index (χ2n) is 8.65. The highest BCUT2D eigenvalue weighted by Gasteiger charge is 2.29. The molecule has 35 heavy (non-hydrogen) atoms. The van der Waals surface area contributed by atoms with Gasteiger partial charge in [0, 0.05) is 31.8 Å². The lowest BCUT2D eigenvalue weighted by atomic mass is 9.96. The van der Waals surface area contributed by atoms with Gasteiger partial charge in [-0.3, -0.25) is 14.1 Å². The van der Waals surface area contributed by atoms with E-state index < -0.39 is 0 Å². The zero-order valence-electron chi connectivity index (χ0n) is 19.5. The average Bonchev–Trinajstić information content (AvgIpc) is 3.49. The van der Waals surface area contributed by atoms with Gasteiger partial charge in [-0.15, -0.1) is 10.2 Å². The molecule has 1 aliphatic rings. The number of hydrogen-bond donors (Lipinski definition) is 2. The van der Waals surface area contributed by atoms with Crippen LogP contribution in [0.3, 0.4) is 0 Å². The average molecular weight is 468 g/mol. The fourth-order valence-electron chi connectivity index (χ4n) is 4.58. The summed E-state index contributed by atoms with van der Waals surface area (Å²) >= 11 is 0. The summed E-state index contributed by atoms with van der Waals surface area (Å²) in [6.07, 6.45) is 4.34. The molecule has 0 amide bonds. The van der Waals surface area contributed by atoms with Crippen molar-refractivity contribution in [2.24, 2.45) is 12.9 Å². The Labute approximate surface area is 202 Å². The molecular formula is C25H25N9O. The number of pyridine rings is 2. The second-order valence-corrected chi connectivity index (χ2v) is 8.65. The van der Waals surface area contributed by atoms with Crippen molar-refractivity contribution >= 4 is 23.1 Å². The van der Waals surface area contributed by atoms with Gasteiger partial charge < -0.3 is 10.1 Å². The number of aryl methyl sites for hydroxylation is 1. The highest BCUT2D eigenvalue weighted by molar-refractivity contribution is 5.74. The van der Waals surface area contributed by atoms with E-state index in [9.17, 15) is 0 Å². The van der Waals surface area contributed by atoms with Gasteiger partial charge >= 0.3 is 0 Å². The van der Waals surface area contributed by atoms with Gasteiger partial charge in [-0.05, 0) is 59.5 Å². The van der Waals surface area contributed by atoms with E-state index in [0.29, 0.717) is 6.54 Å². The summed E-state index contributed by atoms with van der Waals surface area (Å²) in [5.41, 5.74) is 3.96. The highest BCUT2D eigenvalue weighted by atomic mass is 16.5. The number of methoxy groups -OCH3 is 1. The fourth-order valence-corrected chi connectivity index (χ4v) is 4.58. The first kappa shape index (κ1) is 21.1. The van der Waals surface area contributed by atoms with Crippen molar-refractivity contribution in [2.75, 3.05) is 24.0 Å². The zero-order chi connectivity index (χ0) is 23.9. The molecular weight excluding hydrogens is 442 g/mol. The summed E-state index contributed by atoms with van der Waals surface area (Å²) in [5, 5.41) is 18.3. The molecule has 0 radical (unpaired) electrons. The van der Waals surface area contributed by atoms with Crippen LogP contribution in [0.2, 0.25) is 0 Å². The van der Waals surface area contributed by atoms with Crippen LogP contribution in [0, 0.1) is 0 Å². The Morgan fingerprint density at radius 1 is 1.03 bits per heavy atom. The lowest BCUT2D eigenvalue weighted by Crippen LogP contribution is -2.41. The summed E-state index contributed by atoms with van der Waals surface area (Å²) < 4.78 is 9.09. The normalized spacial score (nSPS) is 14.9. The molecule has 4 aromatic heterocycles. The standard InChI is InChI=1S/C25H25N9O/c1-32-22(8-10-28-32)29-21-12-17(7-9-27-21)18-13-23-30-31-25-19(15-33(26)24(14-18)34(23)25)11-16-3-5-20(35-2)6-4-16/h3-10,12-14,19H,11,15,26H2,1-2H3,(H,27,29). The van der Waals surface area contributed by atoms with Gasteiger partial charge in [-0.1, -0.05) is 12.1 Å². The number of hydrogen-bond acceptors (Lipinski definition) is 8. The summed E-state index contributed by atoms with van der Waals surface area (Å²) in [4.78, 5) is 4.45. The number of ether oxygens (including phenoxy) is 1. The van der Waals surface area contributed by atoms with Crippen LogP contribution in [0.15, 0.2) is 67.0 Å². The van der Waals surface area contributed by atoms with Crippen molar-refractivity contribution in [3.63, 3.8) is 0 Å². The zero-order valence-corrected chi connectivity index (χ0v) is 19.5. The quantitative estimate of drug-likeness (QED) is 0.366. The Balaban J connectivity index is 1.33. The maximum absolute atomic E-state index is 6.54. The predicted octanol–water partition coefficient (Wildman–Crippen LogP) is 3.30. The summed E-state index contributed by atoms with van der Waals surface area (Å²) in [7, 11) is 3.55. The summed E-state index contributed by atoms with van der Waals surface area (Å²) in [5.74, 6) is 10.9. The second kappa shape index (κ2) is 8.41. The van der Waals surface area contributed by atoms with Gasteiger partial charge in [0.15, 0.2) is 5.65 Å². The molecule has 0 saturated carbocycles. The van der Waals surface area contributed by atoms with Crippen molar-refractivity contribution in [1.29, 1.82) is 0 Å². The number of aromatic nitrogens is 6. The van der Waals surface area contributed by atoms with E-state index >= 15 is 0 Å². The van der Waals surface area contributed by atoms with Crippen LogP contribution in [-0.4, -0.2) is 43.0 Å². The molecule has 3 N–H and O–H groups in total. The van der Waals surface area contributed by atoms with Crippen LogP contribution in [0.1, 0.15) is 17.3 Å². The first-order chi connectivity index (χ1) is 17.1. The first-order valence-corrected chi connectivity index (χ1v) is 11.3. The van der Waals surface area contributed by atoms with Crippen LogP contribution in [0.4, 0.5) is 17.5 Å². The molecule has 6 rings (SSSR count). The number of rotatable bonds is 6. The smallest absolute Gasteiger partial charge is 0.163 e. The largest absolute Gasteiger partial charge is 0.497 e. The minimum Gasteiger partial charge on any atom is -0.497 e. The van der Waals surface area contributed by atoms with E-state index in [1.807, 2.05) is 43.4 Å². The van der Waals surface area contributed by atoms with Crippen molar-refractivity contribution in [2.45, 2.75) is 12.3 Å². The fraction of sp³-hybridized carbons (Fsp3) is 0.200. The molecule has 10 nitrogen and oxygen atoms in total. The Bertz CT molecular complexity index is 1510. The molecule has 0 saturated heterocycles. The van der Waals surface area contributed by atoms with Gasteiger partial charge in [0.2, 0.25) is 0 Å². The van der Waals surface area contributed by atoms with Gasteiger partial charge in [0.05, 0.1) is 13.3 Å². The molecule has 0 aliphatic carbocycles. The molecule has 5 aromatic rings. The van der Waals surface area contributed by atoms with Gasteiger partial charge in [-0.25, -0.2) is 10.8 Å². The van der Waals surface area contributed by atoms with Crippen LogP contribution in [-0.2, 0) is 13.5 Å². The Hall–Kier alpha value is -4.44. The van der Waals surface area contributed by atoms with Crippen LogP contribution in [0.5, 0.6) is 5.75 Å². The van der Waals surface area contributed by atoms with E-state index in [-0.39, 0.29) is 5.92 Å². The van der Waals surface area contributed by atoms with Gasteiger partial charge in [-0.2, -0.15) is 5.10 Å². The number of hydrazine groups is 1. The Morgan fingerprint density at radius 3 is 2.66 bits per heavy atom. The van der Waals surface area contributed by atoms with E-state index in [1.54, 1.807) is 29.2 Å². The Kier molecular flexibility index (Phi) is 5.07. The third-order valence-corrected chi connectivity index (χ3v) is 6.40. The summed E-state index contributed by atoms with van der Waals surface area (Å²) in [6, 6.07) is 18.1. The van der Waals surface area contributed by atoms with Crippen LogP contribution in [0.25, 0.3) is 16.8 Å². The molecule has 1 aliphatic heterocycles. The van der Waals surface area contributed by atoms with Crippen molar-refractivity contribution in [3.8, 4) is 16.9 Å². The first-order valence-electron chi connectivity index (χ1n) is 11.3. The third-order valence-electron chi connectivity index (χ3n) is 6.40. The lowest BCUT2D eigenvalue weighted by Gasteiger charge is -2.31. The van der Waals surface area contributed by atoms with Crippen molar-refractivity contribution in [1.82, 2.24) is 29.4 Å². The van der Waals surface area contributed by atoms with E-state index in [2.05, 4.69) is 48.2 Å². The maximum Gasteiger partial charge on any atom is 0.163 e. The molecule has 10 heteroatoms. The number of benzene rings is 1. The molecule has 0 bridgehead atoms. The van der Waals surface area contributed by atoms with Crippen molar-refractivity contribution < 1.29 is 4.74 Å². The number of nitrogens with zero attached hydrogens (tertiary/aromatic N) is 7. The molecule has 0 spiro atoms. The van der Waals surface area contributed by atoms with Crippen molar-refractivity contribution in [3.05, 3.63) is 78.4 Å². The molecule has 1 aromatic carbocycles. The number of anilines is 3. The predicted molar refractivity (Wildman–Crippen MR) is 134 cm³/mol. The molecule has 176 valence electrons. The SMILES string of the molecule is COc1ccc(CC2CN(N)c3cc(-c4ccnc(Nc5ccnn5C)c4)cc4nnc2n34)cc1. The monoisotopic (exact) mass is 467 g/mol. The molecule has 0 fully saturated rings. The topological polar surface area (TPSA) is 111 Å². The third kappa shape index (κ3) is 3.83. The lowest BCUT2D eigenvalue weighted by molar-refractivity contribution is 0.414. The highest BCUT2D eigenvalue weighted by Crippen LogP contribution is 2.34. The number of nitrogens with one attached hydrogen (secondary N) is 1. The Morgan fingerprint density at radius 2 is 1.89 bits per heavy atom. The van der Waals surface area contributed by atoms with E-state index in [0.717, 1.165) is 52.2 Å². The van der Waals surface area contributed by atoms with Crippen LogP contribution < -0.4 is 20.9 Å². The van der Waals surface area contributed by atoms with E-state index in [4.69, 9.17) is 10.6 Å². The van der Waals surface area contributed by atoms with Crippen LogP contribution >= 0.6 is 0 Å². The number of nitrogens with two attached hydrogens (primary N) is 1.